The lowest BCUT2D eigenvalue weighted by atomic mass is 10.1. The minimum absolute atomic E-state index is 0.422. The molecule has 0 aromatic heterocycles. The third kappa shape index (κ3) is 3.11. The van der Waals surface area contributed by atoms with Crippen LogP contribution in [0, 0.1) is 0 Å². The van der Waals surface area contributed by atoms with Crippen LogP contribution in [0.15, 0.2) is 0 Å². The molecule has 0 radical (unpaired) electrons. The number of likely N-dealkylation sites (N-methyl/N-ethyl adjacent to an activating group) is 1. The number of ether oxygens (including phenoxy) is 1. The Kier molecular flexibility index (Phi) is 4.02. The largest absolute Gasteiger partial charge is 0.373 e. The molecule has 1 rings (SSSR count). The van der Waals surface area contributed by atoms with Gasteiger partial charge in [-0.15, -0.1) is 0 Å². The molecule has 2 atom stereocenters. The van der Waals surface area contributed by atoms with Gasteiger partial charge in [0.2, 0.25) is 0 Å². The number of unbranched alkanes of at least 4 members (excludes halogenated alkanes) is 1. The molecule has 12 heavy (non-hydrogen) atoms. The standard InChI is InChI=1S/C10H21NO/c1-4-5-6-10-8-11(3)7-9(2)12-10/h9-10H,4-8H2,1-3H3. The lowest BCUT2D eigenvalue weighted by molar-refractivity contribution is -0.0730. The molecular weight excluding hydrogens is 150 g/mol. The van der Waals surface area contributed by atoms with Crippen molar-refractivity contribution in [3.05, 3.63) is 0 Å². The van der Waals surface area contributed by atoms with Crippen LogP contribution in [0.1, 0.15) is 33.1 Å². The molecule has 2 heteroatoms. The second-order valence-corrected chi connectivity index (χ2v) is 3.93. The second kappa shape index (κ2) is 4.83. The van der Waals surface area contributed by atoms with E-state index in [1.807, 2.05) is 0 Å². The van der Waals surface area contributed by atoms with Crippen molar-refractivity contribution in [3.63, 3.8) is 0 Å². The van der Waals surface area contributed by atoms with Crippen molar-refractivity contribution < 1.29 is 4.74 Å². The highest BCUT2D eigenvalue weighted by Crippen LogP contribution is 2.14. The first kappa shape index (κ1) is 10.0. The lowest BCUT2D eigenvalue weighted by Gasteiger charge is -2.34. The van der Waals surface area contributed by atoms with E-state index in [0.717, 1.165) is 13.1 Å². The van der Waals surface area contributed by atoms with Gasteiger partial charge in [-0.1, -0.05) is 19.8 Å². The van der Waals surface area contributed by atoms with Gasteiger partial charge in [0, 0.05) is 13.1 Å². The third-order valence-electron chi connectivity index (χ3n) is 2.39. The normalized spacial score (nSPS) is 32.2. The Bertz CT molecular complexity index is 117. The maximum atomic E-state index is 5.82. The Hall–Kier alpha value is -0.0800. The van der Waals surface area contributed by atoms with Gasteiger partial charge >= 0.3 is 0 Å². The maximum Gasteiger partial charge on any atom is 0.0706 e. The molecule has 0 spiro atoms. The van der Waals surface area contributed by atoms with Gasteiger partial charge in [-0.2, -0.15) is 0 Å². The molecule has 0 N–H and O–H groups in total. The summed E-state index contributed by atoms with van der Waals surface area (Å²) in [4.78, 5) is 2.37. The van der Waals surface area contributed by atoms with Gasteiger partial charge in [0.05, 0.1) is 12.2 Å². The fourth-order valence-electron chi connectivity index (χ4n) is 1.87. The zero-order valence-corrected chi connectivity index (χ0v) is 8.55. The molecule has 72 valence electrons. The van der Waals surface area contributed by atoms with Crippen LogP contribution in [0.3, 0.4) is 0 Å². The fraction of sp³-hybridized carbons (Fsp3) is 1.00. The van der Waals surface area contributed by atoms with Crippen LogP contribution in [0.4, 0.5) is 0 Å². The molecule has 1 fully saturated rings. The zero-order valence-electron chi connectivity index (χ0n) is 8.55. The summed E-state index contributed by atoms with van der Waals surface area (Å²) in [5, 5.41) is 0. The van der Waals surface area contributed by atoms with Crippen molar-refractivity contribution >= 4 is 0 Å². The molecule has 1 aliphatic heterocycles. The summed E-state index contributed by atoms with van der Waals surface area (Å²) in [7, 11) is 2.18. The lowest BCUT2D eigenvalue weighted by Crippen LogP contribution is -2.44. The Morgan fingerprint density at radius 2 is 2.17 bits per heavy atom. The highest BCUT2D eigenvalue weighted by molar-refractivity contribution is 4.72. The van der Waals surface area contributed by atoms with E-state index < -0.39 is 0 Å². The SMILES string of the molecule is CCCCC1CN(C)CC(C)O1. The quantitative estimate of drug-likeness (QED) is 0.643. The van der Waals surface area contributed by atoms with Gasteiger partial charge < -0.3 is 9.64 Å². The first-order valence-corrected chi connectivity index (χ1v) is 5.06. The number of morpholine rings is 1. The summed E-state index contributed by atoms with van der Waals surface area (Å²) in [5.74, 6) is 0. The highest BCUT2D eigenvalue weighted by atomic mass is 16.5. The number of hydrogen-bond acceptors (Lipinski definition) is 2. The van der Waals surface area contributed by atoms with Crippen LogP contribution in [0.25, 0.3) is 0 Å². The van der Waals surface area contributed by atoms with Crippen LogP contribution >= 0.6 is 0 Å². The maximum absolute atomic E-state index is 5.82. The van der Waals surface area contributed by atoms with Crippen molar-refractivity contribution in [2.45, 2.75) is 45.3 Å². The minimum Gasteiger partial charge on any atom is -0.373 e. The van der Waals surface area contributed by atoms with Crippen molar-refractivity contribution in [2.75, 3.05) is 20.1 Å². The van der Waals surface area contributed by atoms with E-state index in [2.05, 4.69) is 25.8 Å². The van der Waals surface area contributed by atoms with Gasteiger partial charge in [-0.25, -0.2) is 0 Å². The average Bonchev–Trinajstić information content (AvgIpc) is 1.99. The van der Waals surface area contributed by atoms with Crippen molar-refractivity contribution in [1.29, 1.82) is 0 Å². The monoisotopic (exact) mass is 171 g/mol. The molecule has 0 aliphatic carbocycles. The van der Waals surface area contributed by atoms with Crippen LogP contribution in [0.2, 0.25) is 0 Å². The predicted molar refractivity (Wildman–Crippen MR) is 51.4 cm³/mol. The van der Waals surface area contributed by atoms with E-state index in [4.69, 9.17) is 4.74 Å². The van der Waals surface area contributed by atoms with Gasteiger partial charge in [-0.3, -0.25) is 0 Å². The number of nitrogens with zero attached hydrogens (tertiary/aromatic N) is 1. The average molecular weight is 171 g/mol. The Balaban J connectivity index is 2.24. The van der Waals surface area contributed by atoms with E-state index in [1.165, 1.54) is 19.3 Å². The van der Waals surface area contributed by atoms with E-state index in [-0.39, 0.29) is 0 Å². The zero-order chi connectivity index (χ0) is 8.97. The van der Waals surface area contributed by atoms with Crippen molar-refractivity contribution in [1.82, 2.24) is 4.90 Å². The van der Waals surface area contributed by atoms with E-state index in [1.54, 1.807) is 0 Å². The van der Waals surface area contributed by atoms with Gasteiger partial charge in [0.1, 0.15) is 0 Å². The summed E-state index contributed by atoms with van der Waals surface area (Å²) >= 11 is 0. The topological polar surface area (TPSA) is 12.5 Å². The smallest absolute Gasteiger partial charge is 0.0706 e. The van der Waals surface area contributed by atoms with Crippen LogP contribution in [-0.4, -0.2) is 37.2 Å². The fourth-order valence-corrected chi connectivity index (χ4v) is 1.87. The minimum atomic E-state index is 0.422. The molecule has 0 aromatic rings. The van der Waals surface area contributed by atoms with Crippen LogP contribution < -0.4 is 0 Å². The molecule has 2 nitrogen and oxygen atoms in total. The second-order valence-electron chi connectivity index (χ2n) is 3.93. The Morgan fingerprint density at radius 1 is 1.42 bits per heavy atom. The van der Waals surface area contributed by atoms with Crippen LogP contribution in [-0.2, 0) is 4.74 Å². The van der Waals surface area contributed by atoms with E-state index in [0.29, 0.717) is 12.2 Å². The first-order valence-electron chi connectivity index (χ1n) is 5.06. The molecule has 0 saturated carbocycles. The van der Waals surface area contributed by atoms with Crippen LogP contribution in [0.5, 0.6) is 0 Å². The summed E-state index contributed by atoms with van der Waals surface area (Å²) in [6.07, 6.45) is 4.71. The molecule has 0 bridgehead atoms. The first-order chi connectivity index (χ1) is 5.72. The van der Waals surface area contributed by atoms with Crippen molar-refractivity contribution in [3.8, 4) is 0 Å². The van der Waals surface area contributed by atoms with Gasteiger partial charge in [-0.05, 0) is 20.4 Å². The summed E-state index contributed by atoms with van der Waals surface area (Å²) in [6.45, 7) is 6.59. The molecule has 0 aromatic carbocycles. The predicted octanol–water partition coefficient (Wildman–Crippen LogP) is 1.90. The van der Waals surface area contributed by atoms with Gasteiger partial charge in [0.15, 0.2) is 0 Å². The summed E-state index contributed by atoms with van der Waals surface area (Å²) in [6, 6.07) is 0. The van der Waals surface area contributed by atoms with E-state index in [9.17, 15) is 0 Å². The summed E-state index contributed by atoms with van der Waals surface area (Å²) in [5.41, 5.74) is 0. The highest BCUT2D eigenvalue weighted by Gasteiger charge is 2.21. The Morgan fingerprint density at radius 3 is 2.75 bits per heavy atom. The molecule has 0 amide bonds. The van der Waals surface area contributed by atoms with Crippen molar-refractivity contribution in [2.24, 2.45) is 0 Å². The third-order valence-corrected chi connectivity index (χ3v) is 2.39. The molecular formula is C10H21NO. The Labute approximate surface area is 75.9 Å². The molecule has 1 heterocycles. The molecule has 1 saturated heterocycles. The number of rotatable bonds is 3. The summed E-state index contributed by atoms with van der Waals surface area (Å²) < 4.78 is 5.82. The van der Waals surface area contributed by atoms with Gasteiger partial charge in [0.25, 0.3) is 0 Å². The van der Waals surface area contributed by atoms with E-state index >= 15 is 0 Å². The molecule has 2 unspecified atom stereocenters. The molecule has 1 aliphatic rings. The number of hydrogen-bond donors (Lipinski definition) is 0.